The second-order valence-corrected chi connectivity index (χ2v) is 12.9. The van der Waals surface area contributed by atoms with E-state index in [0.717, 1.165) is 5.56 Å². The first-order valence-corrected chi connectivity index (χ1v) is 15.0. The fourth-order valence-electron chi connectivity index (χ4n) is 5.29. The lowest BCUT2D eigenvalue weighted by atomic mass is 10.0. The molecule has 1 saturated carbocycles. The molecule has 2 aromatic rings. The average Bonchev–Trinajstić information content (AvgIpc) is 3.48. The number of benzene rings is 2. The Hall–Kier alpha value is -2.83. The second-order valence-electron chi connectivity index (χ2n) is 10.9. The molecule has 0 bridgehead atoms. The number of amides is 1. The molecule has 1 aliphatic carbocycles. The molecular weight excluding hydrogens is 536 g/mol. The summed E-state index contributed by atoms with van der Waals surface area (Å²) in [5, 5.41) is 23.4. The highest BCUT2D eigenvalue weighted by molar-refractivity contribution is 7.89. The van der Waals surface area contributed by atoms with Crippen LogP contribution in [-0.2, 0) is 37.3 Å². The maximum Gasteiger partial charge on any atom is 0.407 e. The normalized spacial score (nSPS) is 22.4. The number of carbonyl (C=O) groups is 2. The van der Waals surface area contributed by atoms with Crippen molar-refractivity contribution >= 4 is 21.9 Å². The number of carbonyl (C=O) groups excluding carboxylic acids is 2. The first kappa shape index (κ1) is 30.1. The first-order valence-electron chi connectivity index (χ1n) is 13.6. The van der Waals surface area contributed by atoms with Gasteiger partial charge in [-0.3, -0.25) is 4.79 Å². The van der Waals surface area contributed by atoms with E-state index in [-0.39, 0.29) is 61.3 Å². The van der Waals surface area contributed by atoms with Crippen LogP contribution in [0.1, 0.15) is 37.8 Å². The van der Waals surface area contributed by atoms with Crippen LogP contribution >= 0.6 is 0 Å². The van der Waals surface area contributed by atoms with Crippen LogP contribution in [0.25, 0.3) is 0 Å². The standard InChI is InChI=1S/C29H38N2O8S/c1-19(2)15-31(40(36,37)23-10-8-21(17-32)9-11-23)16-26(33)25(12-20-6-4-3-5-7-20)30-29(35)39-22-13-24-27(34)18-38-28(24)14-22/h3-11,19,22,24-26,28,32-33H,12-18H2,1-2H3,(H,30,35)/t22-,24-,25+,26-,28-/m1/s1. The summed E-state index contributed by atoms with van der Waals surface area (Å²) >= 11 is 0. The molecule has 0 spiro atoms. The predicted octanol–water partition coefficient (Wildman–Crippen LogP) is 2.27. The fourth-order valence-corrected chi connectivity index (χ4v) is 6.91. The molecule has 1 saturated heterocycles. The molecule has 2 aromatic carbocycles. The predicted molar refractivity (Wildman–Crippen MR) is 147 cm³/mol. The smallest absolute Gasteiger partial charge is 0.407 e. The second kappa shape index (κ2) is 13.2. The van der Waals surface area contributed by atoms with Crippen LogP contribution in [0.15, 0.2) is 59.5 Å². The van der Waals surface area contributed by atoms with E-state index >= 15 is 0 Å². The summed E-state index contributed by atoms with van der Waals surface area (Å²) in [5.41, 5.74) is 1.43. The van der Waals surface area contributed by atoms with Gasteiger partial charge in [0.2, 0.25) is 10.0 Å². The van der Waals surface area contributed by atoms with Gasteiger partial charge in [-0.25, -0.2) is 13.2 Å². The minimum Gasteiger partial charge on any atom is -0.446 e. The largest absolute Gasteiger partial charge is 0.446 e. The summed E-state index contributed by atoms with van der Waals surface area (Å²) in [6, 6.07) is 14.4. The Labute approximate surface area is 235 Å². The van der Waals surface area contributed by atoms with Gasteiger partial charge in [-0.05, 0) is 42.0 Å². The number of Topliss-reactive ketones (excluding diaryl/α,β-unsaturated/α-hetero) is 1. The Morgan fingerprint density at radius 2 is 1.77 bits per heavy atom. The van der Waals surface area contributed by atoms with Crippen LogP contribution in [0, 0.1) is 11.8 Å². The number of alkyl carbamates (subject to hydrolysis) is 1. The molecule has 3 N–H and O–H groups in total. The Morgan fingerprint density at radius 3 is 2.40 bits per heavy atom. The summed E-state index contributed by atoms with van der Waals surface area (Å²) in [4.78, 5) is 24.9. The van der Waals surface area contributed by atoms with Crippen molar-refractivity contribution in [1.82, 2.24) is 9.62 Å². The van der Waals surface area contributed by atoms with Gasteiger partial charge in [-0.1, -0.05) is 56.3 Å². The summed E-state index contributed by atoms with van der Waals surface area (Å²) in [7, 11) is -3.98. The lowest BCUT2D eigenvalue weighted by molar-refractivity contribution is -0.121. The molecule has 1 aliphatic heterocycles. The van der Waals surface area contributed by atoms with E-state index in [9.17, 15) is 28.2 Å². The molecule has 2 fully saturated rings. The third-order valence-electron chi connectivity index (χ3n) is 7.36. The Bertz CT molecular complexity index is 1250. The monoisotopic (exact) mass is 574 g/mol. The Morgan fingerprint density at radius 1 is 1.07 bits per heavy atom. The van der Waals surface area contributed by atoms with Crippen molar-refractivity contribution in [3.05, 3.63) is 65.7 Å². The van der Waals surface area contributed by atoms with E-state index in [1.54, 1.807) is 12.1 Å². The molecule has 1 amide bonds. The topological polar surface area (TPSA) is 142 Å². The zero-order valence-electron chi connectivity index (χ0n) is 22.8. The summed E-state index contributed by atoms with van der Waals surface area (Å²) in [6.07, 6.45) is -1.63. The number of hydrogen-bond donors (Lipinski definition) is 3. The molecule has 0 unspecified atom stereocenters. The highest BCUT2D eigenvalue weighted by Gasteiger charge is 2.45. The van der Waals surface area contributed by atoms with Gasteiger partial charge in [-0.2, -0.15) is 4.31 Å². The highest BCUT2D eigenvalue weighted by atomic mass is 32.2. The average molecular weight is 575 g/mol. The van der Waals surface area contributed by atoms with Crippen molar-refractivity contribution in [3.63, 3.8) is 0 Å². The first-order chi connectivity index (χ1) is 19.1. The van der Waals surface area contributed by atoms with Gasteiger partial charge in [0.15, 0.2) is 5.78 Å². The summed E-state index contributed by atoms with van der Waals surface area (Å²) in [6.45, 7) is 3.56. The molecule has 2 aliphatic rings. The van der Waals surface area contributed by atoms with Crippen molar-refractivity contribution in [3.8, 4) is 0 Å². The fraction of sp³-hybridized carbons (Fsp3) is 0.517. The molecule has 4 rings (SSSR count). The van der Waals surface area contributed by atoms with Crippen molar-refractivity contribution in [1.29, 1.82) is 0 Å². The van der Waals surface area contributed by atoms with Crippen LogP contribution in [0.3, 0.4) is 0 Å². The van der Waals surface area contributed by atoms with Gasteiger partial charge >= 0.3 is 6.09 Å². The van der Waals surface area contributed by atoms with Crippen LogP contribution in [0.5, 0.6) is 0 Å². The third kappa shape index (κ3) is 7.46. The molecule has 1 heterocycles. The SMILES string of the molecule is CC(C)CN(C[C@@H](O)[C@H](Cc1ccccc1)NC(=O)O[C@@H]1C[C@@H]2C(=O)CO[C@@H]2C1)S(=O)(=O)c1ccc(CO)cc1. The number of fused-ring (bicyclic) bond motifs is 1. The van der Waals surface area contributed by atoms with E-state index in [2.05, 4.69) is 5.32 Å². The number of nitrogens with zero attached hydrogens (tertiary/aromatic N) is 1. The number of hydrogen-bond acceptors (Lipinski definition) is 8. The molecule has 0 radical (unpaired) electrons. The third-order valence-corrected chi connectivity index (χ3v) is 9.20. The number of sulfonamides is 1. The van der Waals surface area contributed by atoms with Gasteiger partial charge < -0.3 is 25.0 Å². The van der Waals surface area contributed by atoms with E-state index in [0.29, 0.717) is 18.4 Å². The summed E-state index contributed by atoms with van der Waals surface area (Å²) in [5.74, 6) is -0.271. The molecule has 10 nitrogen and oxygen atoms in total. The molecule has 11 heteroatoms. The maximum absolute atomic E-state index is 13.6. The van der Waals surface area contributed by atoms with Crippen LogP contribution in [0.4, 0.5) is 4.79 Å². The Balaban J connectivity index is 1.49. The van der Waals surface area contributed by atoms with Crippen LogP contribution in [-0.4, -0.2) is 78.9 Å². The van der Waals surface area contributed by atoms with Crippen molar-refractivity contribution in [2.45, 2.75) is 69.0 Å². The number of aliphatic hydroxyl groups excluding tert-OH is 2. The number of aliphatic hydroxyl groups is 2. The number of ether oxygens (including phenoxy) is 2. The molecular formula is C29H38N2O8S. The van der Waals surface area contributed by atoms with E-state index in [4.69, 9.17) is 9.47 Å². The van der Waals surface area contributed by atoms with Gasteiger partial charge in [0, 0.05) is 25.4 Å². The number of nitrogens with one attached hydrogen (secondary N) is 1. The van der Waals surface area contributed by atoms with Crippen LogP contribution < -0.4 is 5.32 Å². The van der Waals surface area contributed by atoms with E-state index in [1.165, 1.54) is 16.4 Å². The summed E-state index contributed by atoms with van der Waals surface area (Å²) < 4.78 is 39.4. The molecule has 5 atom stereocenters. The van der Waals surface area contributed by atoms with Gasteiger partial charge in [0.1, 0.15) is 12.7 Å². The number of ketones is 1. The van der Waals surface area contributed by atoms with Gasteiger partial charge in [0.25, 0.3) is 0 Å². The van der Waals surface area contributed by atoms with E-state index in [1.807, 2.05) is 44.2 Å². The zero-order valence-corrected chi connectivity index (χ0v) is 23.6. The van der Waals surface area contributed by atoms with Gasteiger partial charge in [0.05, 0.1) is 29.8 Å². The molecule has 218 valence electrons. The van der Waals surface area contributed by atoms with Crippen molar-refractivity contribution < 1.29 is 37.7 Å². The molecule has 40 heavy (non-hydrogen) atoms. The van der Waals surface area contributed by atoms with E-state index < -0.39 is 34.4 Å². The van der Waals surface area contributed by atoms with Crippen molar-refractivity contribution in [2.24, 2.45) is 11.8 Å². The lowest BCUT2D eigenvalue weighted by Gasteiger charge is -2.31. The highest BCUT2D eigenvalue weighted by Crippen LogP contribution is 2.35. The quantitative estimate of drug-likeness (QED) is 0.351. The molecule has 0 aromatic heterocycles. The maximum atomic E-state index is 13.6. The van der Waals surface area contributed by atoms with Crippen LogP contribution in [0.2, 0.25) is 0 Å². The minimum absolute atomic E-state index is 0.0198. The minimum atomic E-state index is -3.98. The Kier molecular flexibility index (Phi) is 9.96. The van der Waals surface area contributed by atoms with Crippen molar-refractivity contribution in [2.75, 3.05) is 19.7 Å². The zero-order chi connectivity index (χ0) is 28.9. The lowest BCUT2D eigenvalue weighted by Crippen LogP contribution is -2.51. The number of rotatable bonds is 12. The van der Waals surface area contributed by atoms with Gasteiger partial charge in [-0.15, -0.1) is 0 Å².